The Balaban J connectivity index is 3.85. The van der Waals surface area contributed by atoms with Gasteiger partial charge in [-0.25, -0.2) is 4.79 Å². The van der Waals surface area contributed by atoms with E-state index in [1.54, 1.807) is 13.8 Å². The summed E-state index contributed by atoms with van der Waals surface area (Å²) < 4.78 is 11.6. The molecule has 3 heteroatoms. The van der Waals surface area contributed by atoms with Gasteiger partial charge in [0.1, 0.15) is 0 Å². The van der Waals surface area contributed by atoms with Gasteiger partial charge in [0, 0.05) is 6.42 Å². The predicted molar refractivity (Wildman–Crippen MR) is 32.8 cm³/mol. The van der Waals surface area contributed by atoms with Gasteiger partial charge in [0.2, 0.25) is 6.08 Å². The topological polar surface area (TPSA) is 29.4 Å². The molecule has 0 aliphatic rings. The van der Waals surface area contributed by atoms with Gasteiger partial charge in [0.05, 0.1) is 12.2 Å². The molecular formula is C6H10FNO. The Kier molecular flexibility index (Phi) is 3.10. The summed E-state index contributed by atoms with van der Waals surface area (Å²) in [6, 6.07) is 0. The molecule has 0 fully saturated rings. The third kappa shape index (κ3) is 3.86. The summed E-state index contributed by atoms with van der Waals surface area (Å²) >= 11 is 0. The number of isocyanates is 1. The van der Waals surface area contributed by atoms with Gasteiger partial charge in [-0.15, -0.1) is 0 Å². The SMILES string of the molecule is CC(C)(CCF)N=C=O. The van der Waals surface area contributed by atoms with Crippen molar-refractivity contribution < 1.29 is 9.18 Å². The first-order chi connectivity index (χ1) is 4.12. The third-order valence-electron chi connectivity index (χ3n) is 1.05. The zero-order valence-corrected chi connectivity index (χ0v) is 5.65. The van der Waals surface area contributed by atoms with Crippen molar-refractivity contribution in [2.45, 2.75) is 25.8 Å². The molecule has 0 aromatic heterocycles. The van der Waals surface area contributed by atoms with Crippen molar-refractivity contribution in [3.63, 3.8) is 0 Å². The van der Waals surface area contributed by atoms with E-state index in [9.17, 15) is 9.18 Å². The maximum absolute atomic E-state index is 11.6. The molecule has 0 aliphatic carbocycles. The van der Waals surface area contributed by atoms with Crippen LogP contribution in [0.3, 0.4) is 0 Å². The molecule has 2 nitrogen and oxygen atoms in total. The van der Waals surface area contributed by atoms with Gasteiger partial charge in [0.15, 0.2) is 0 Å². The molecule has 52 valence electrons. The standard InChI is InChI=1S/C6H10FNO/c1-6(2,3-4-7)8-5-9/h3-4H2,1-2H3. The first-order valence-corrected chi connectivity index (χ1v) is 2.77. The second kappa shape index (κ2) is 3.36. The molecule has 0 unspecified atom stereocenters. The van der Waals surface area contributed by atoms with Crippen LogP contribution in [0.25, 0.3) is 0 Å². The van der Waals surface area contributed by atoms with Gasteiger partial charge >= 0.3 is 0 Å². The van der Waals surface area contributed by atoms with Crippen molar-refractivity contribution in [3.05, 3.63) is 0 Å². The minimum atomic E-state index is -0.573. The Morgan fingerprint density at radius 2 is 2.22 bits per heavy atom. The van der Waals surface area contributed by atoms with E-state index in [1.165, 1.54) is 6.08 Å². The molecule has 9 heavy (non-hydrogen) atoms. The molecule has 0 saturated carbocycles. The molecule has 0 spiro atoms. The maximum atomic E-state index is 11.6. The highest BCUT2D eigenvalue weighted by Gasteiger charge is 2.14. The lowest BCUT2D eigenvalue weighted by molar-refractivity contribution is 0.379. The zero-order chi connectivity index (χ0) is 7.33. The van der Waals surface area contributed by atoms with Gasteiger partial charge in [0.25, 0.3) is 0 Å². The van der Waals surface area contributed by atoms with Crippen LogP contribution in [-0.2, 0) is 4.79 Å². The molecule has 0 atom stereocenters. The second-order valence-corrected chi connectivity index (χ2v) is 2.45. The number of aliphatic imine (C=N–C) groups is 1. The van der Waals surface area contributed by atoms with E-state index in [4.69, 9.17) is 0 Å². The average Bonchev–Trinajstić information content (AvgIpc) is 1.64. The van der Waals surface area contributed by atoms with Gasteiger partial charge in [-0.2, -0.15) is 4.99 Å². The van der Waals surface area contributed by atoms with Gasteiger partial charge < -0.3 is 0 Å². The van der Waals surface area contributed by atoms with Crippen LogP contribution in [0.15, 0.2) is 4.99 Å². The van der Waals surface area contributed by atoms with Crippen molar-refractivity contribution in [2.24, 2.45) is 4.99 Å². The maximum Gasteiger partial charge on any atom is 0.235 e. The Labute approximate surface area is 53.8 Å². The lowest BCUT2D eigenvalue weighted by Crippen LogP contribution is -2.16. The summed E-state index contributed by atoms with van der Waals surface area (Å²) in [6.45, 7) is 2.94. The number of carbonyl (C=O) groups excluding carboxylic acids is 1. The van der Waals surface area contributed by atoms with Crippen molar-refractivity contribution in [2.75, 3.05) is 6.67 Å². The quantitative estimate of drug-likeness (QED) is 0.421. The number of nitrogens with zero attached hydrogens (tertiary/aromatic N) is 1. The van der Waals surface area contributed by atoms with Crippen LogP contribution in [0.5, 0.6) is 0 Å². The largest absolute Gasteiger partial charge is 0.251 e. The molecule has 0 heterocycles. The average molecular weight is 131 g/mol. The Morgan fingerprint density at radius 1 is 1.67 bits per heavy atom. The molecule has 0 N–H and O–H groups in total. The summed E-state index contributed by atoms with van der Waals surface area (Å²) in [6.07, 6.45) is 1.68. The smallest absolute Gasteiger partial charge is 0.235 e. The van der Waals surface area contributed by atoms with E-state index in [0.717, 1.165) is 0 Å². The highest BCUT2D eigenvalue weighted by atomic mass is 19.1. The van der Waals surface area contributed by atoms with Crippen LogP contribution in [0.4, 0.5) is 4.39 Å². The molecule has 0 amide bonds. The molecule has 0 bridgehead atoms. The van der Waals surface area contributed by atoms with Gasteiger partial charge in [-0.05, 0) is 13.8 Å². The number of rotatable bonds is 3. The summed E-state index contributed by atoms with van der Waals surface area (Å²) in [7, 11) is 0. The van der Waals surface area contributed by atoms with Crippen molar-refractivity contribution >= 4 is 6.08 Å². The second-order valence-electron chi connectivity index (χ2n) is 2.45. The van der Waals surface area contributed by atoms with E-state index >= 15 is 0 Å². The number of hydrogen-bond acceptors (Lipinski definition) is 2. The number of alkyl halides is 1. The Morgan fingerprint density at radius 3 is 2.56 bits per heavy atom. The monoisotopic (exact) mass is 131 g/mol. The van der Waals surface area contributed by atoms with Crippen molar-refractivity contribution in [1.82, 2.24) is 0 Å². The fourth-order valence-electron chi connectivity index (χ4n) is 0.411. The van der Waals surface area contributed by atoms with Crippen LogP contribution in [0, 0.1) is 0 Å². The van der Waals surface area contributed by atoms with Crippen molar-refractivity contribution in [3.8, 4) is 0 Å². The number of hydrogen-bond donors (Lipinski definition) is 0. The molecule has 0 aliphatic heterocycles. The minimum Gasteiger partial charge on any atom is -0.251 e. The highest BCUT2D eigenvalue weighted by molar-refractivity contribution is 5.34. The summed E-state index contributed by atoms with van der Waals surface area (Å²) in [5, 5.41) is 0. The van der Waals surface area contributed by atoms with E-state index in [0.29, 0.717) is 0 Å². The summed E-state index contributed by atoms with van der Waals surface area (Å²) in [4.78, 5) is 13.1. The molecule has 0 rings (SSSR count). The third-order valence-corrected chi connectivity index (χ3v) is 1.05. The number of halogens is 1. The van der Waals surface area contributed by atoms with Crippen molar-refractivity contribution in [1.29, 1.82) is 0 Å². The predicted octanol–water partition coefficient (Wildman–Crippen LogP) is 1.46. The van der Waals surface area contributed by atoms with Crippen LogP contribution in [0.2, 0.25) is 0 Å². The van der Waals surface area contributed by atoms with E-state index in [-0.39, 0.29) is 6.42 Å². The lowest BCUT2D eigenvalue weighted by Gasteiger charge is -2.13. The summed E-state index contributed by atoms with van der Waals surface area (Å²) in [5.41, 5.74) is -0.573. The van der Waals surface area contributed by atoms with Crippen LogP contribution >= 0.6 is 0 Å². The fraction of sp³-hybridized carbons (Fsp3) is 0.833. The summed E-state index contributed by atoms with van der Waals surface area (Å²) in [5.74, 6) is 0. The van der Waals surface area contributed by atoms with E-state index in [1.807, 2.05) is 0 Å². The van der Waals surface area contributed by atoms with Crippen LogP contribution in [0.1, 0.15) is 20.3 Å². The first kappa shape index (κ1) is 8.31. The first-order valence-electron chi connectivity index (χ1n) is 2.77. The van der Waals surface area contributed by atoms with Gasteiger partial charge in [-0.3, -0.25) is 4.39 Å². The molecule has 0 radical (unpaired) electrons. The molecule has 0 saturated heterocycles. The zero-order valence-electron chi connectivity index (χ0n) is 5.65. The van der Waals surface area contributed by atoms with Gasteiger partial charge in [-0.1, -0.05) is 0 Å². The van der Waals surface area contributed by atoms with Crippen LogP contribution in [-0.4, -0.2) is 18.3 Å². The lowest BCUT2D eigenvalue weighted by atomic mass is 10.0. The molecular weight excluding hydrogens is 121 g/mol. The fourth-order valence-corrected chi connectivity index (χ4v) is 0.411. The van der Waals surface area contributed by atoms with E-state index < -0.39 is 12.2 Å². The Bertz CT molecular complexity index is 127. The van der Waals surface area contributed by atoms with Crippen LogP contribution < -0.4 is 0 Å². The molecule has 0 aromatic carbocycles. The minimum absolute atomic E-state index is 0.280. The Hall–Kier alpha value is -0.690. The van der Waals surface area contributed by atoms with E-state index in [2.05, 4.69) is 4.99 Å². The normalized spacial score (nSPS) is 10.6. The molecule has 0 aromatic rings. The highest BCUT2D eigenvalue weighted by Crippen LogP contribution is 2.12.